The van der Waals surface area contributed by atoms with Crippen LogP contribution in [0.2, 0.25) is 0 Å². The lowest BCUT2D eigenvalue weighted by atomic mass is 10.0. The second-order valence-electron chi connectivity index (χ2n) is 12.3. The topological polar surface area (TPSA) is 179 Å². The van der Waals surface area contributed by atoms with Gasteiger partial charge in [-0.1, -0.05) is 62.4 Å². The fraction of sp³-hybridized carbons (Fsp3) is 0.371. The Kier molecular flexibility index (Phi) is 10.6. The normalized spacial score (nSPS) is 21.6. The summed E-state index contributed by atoms with van der Waals surface area (Å²) in [5.41, 5.74) is 2.52. The molecule has 252 valence electrons. The third-order valence-corrected chi connectivity index (χ3v) is 8.48. The first-order chi connectivity index (χ1) is 23.0. The van der Waals surface area contributed by atoms with Crippen LogP contribution in [-0.4, -0.2) is 81.7 Å². The highest BCUT2D eigenvalue weighted by Gasteiger charge is 2.35. The molecule has 4 aromatic rings. The molecule has 0 aliphatic carbocycles. The Bertz CT molecular complexity index is 1780. The summed E-state index contributed by atoms with van der Waals surface area (Å²) < 4.78 is 5.49. The summed E-state index contributed by atoms with van der Waals surface area (Å²) in [4.78, 5) is 77.0. The highest BCUT2D eigenvalue weighted by atomic mass is 16.3. The Labute approximate surface area is 278 Å². The summed E-state index contributed by atoms with van der Waals surface area (Å²) >= 11 is 0. The van der Waals surface area contributed by atoms with Gasteiger partial charge in [0.15, 0.2) is 12.1 Å². The van der Waals surface area contributed by atoms with Crippen molar-refractivity contribution in [3.05, 3.63) is 89.8 Å². The van der Waals surface area contributed by atoms with Crippen molar-refractivity contribution in [2.24, 2.45) is 0 Å². The van der Waals surface area contributed by atoms with Gasteiger partial charge in [-0.05, 0) is 31.0 Å². The summed E-state index contributed by atoms with van der Waals surface area (Å²) in [5, 5.41) is 12.0. The Morgan fingerprint density at radius 2 is 1.56 bits per heavy atom. The fourth-order valence-electron chi connectivity index (χ4n) is 5.75. The Morgan fingerprint density at radius 3 is 2.31 bits per heavy atom. The molecule has 1 fully saturated rings. The number of aromatic amines is 1. The van der Waals surface area contributed by atoms with Gasteiger partial charge in [0.25, 0.3) is 5.91 Å². The van der Waals surface area contributed by atoms with E-state index >= 15 is 0 Å². The molecule has 1 aliphatic rings. The zero-order chi connectivity index (χ0) is 34.4. The lowest BCUT2D eigenvalue weighted by Gasteiger charge is -2.30. The van der Waals surface area contributed by atoms with Gasteiger partial charge in [-0.3, -0.25) is 24.0 Å². The Hall–Kier alpha value is -5.46. The maximum absolute atomic E-state index is 13.9. The molecule has 1 saturated heterocycles. The van der Waals surface area contributed by atoms with Gasteiger partial charge < -0.3 is 35.6 Å². The van der Waals surface area contributed by atoms with Crippen molar-refractivity contribution < 1.29 is 28.4 Å². The van der Waals surface area contributed by atoms with Gasteiger partial charge >= 0.3 is 0 Å². The maximum atomic E-state index is 13.9. The minimum absolute atomic E-state index is 0.0241. The van der Waals surface area contributed by atoms with Crippen molar-refractivity contribution >= 4 is 40.4 Å². The first kappa shape index (κ1) is 33.9. The number of rotatable bonds is 6. The molecule has 5 amide bonds. The first-order valence-corrected chi connectivity index (χ1v) is 16.1. The molecule has 5 rings (SSSR count). The average Bonchev–Trinajstić information content (AvgIpc) is 3.73. The molecule has 2 aromatic heterocycles. The molecule has 13 heteroatoms. The van der Waals surface area contributed by atoms with Gasteiger partial charge in [0.2, 0.25) is 23.6 Å². The van der Waals surface area contributed by atoms with Crippen LogP contribution in [0.1, 0.15) is 61.0 Å². The number of aromatic nitrogens is 2. The minimum atomic E-state index is -1.10. The number of amides is 5. The van der Waals surface area contributed by atoms with Crippen LogP contribution in [-0.2, 0) is 32.0 Å². The van der Waals surface area contributed by atoms with Crippen LogP contribution in [0.3, 0.4) is 0 Å². The van der Waals surface area contributed by atoms with Crippen molar-refractivity contribution in [2.45, 2.75) is 70.6 Å². The summed E-state index contributed by atoms with van der Waals surface area (Å²) in [6.07, 6.45) is 3.26. The lowest BCUT2D eigenvalue weighted by molar-refractivity contribution is -0.133. The SMILES string of the molecule is CC(C)c1ocnc1C(=O)N1CCNC(=O)[C@H](Cc2ccccc2)NC(=O)[C@H](C)NC(=O)[C@@H](Cc2c[nH]c3ccccc23)NC(=O)[C@H]1C. The maximum Gasteiger partial charge on any atom is 0.276 e. The predicted octanol–water partition coefficient (Wildman–Crippen LogP) is 2.20. The van der Waals surface area contributed by atoms with Crippen molar-refractivity contribution in [3.8, 4) is 0 Å². The number of oxazole rings is 1. The molecule has 2 aromatic carbocycles. The molecule has 0 spiro atoms. The number of benzene rings is 2. The number of hydrogen-bond acceptors (Lipinski definition) is 7. The van der Waals surface area contributed by atoms with Crippen molar-refractivity contribution in [3.63, 3.8) is 0 Å². The van der Waals surface area contributed by atoms with E-state index in [1.54, 1.807) is 13.1 Å². The number of hydrogen-bond donors (Lipinski definition) is 5. The van der Waals surface area contributed by atoms with Crippen molar-refractivity contribution in [1.82, 2.24) is 36.1 Å². The van der Waals surface area contributed by atoms with E-state index in [1.165, 1.54) is 18.2 Å². The monoisotopic (exact) mass is 655 g/mol. The molecule has 0 saturated carbocycles. The number of nitrogens with zero attached hydrogens (tertiary/aromatic N) is 2. The van der Waals surface area contributed by atoms with Crippen LogP contribution in [0, 0.1) is 0 Å². The van der Waals surface area contributed by atoms with Gasteiger partial charge in [0.1, 0.15) is 29.9 Å². The van der Waals surface area contributed by atoms with E-state index in [0.717, 1.165) is 22.0 Å². The molecule has 0 radical (unpaired) electrons. The van der Waals surface area contributed by atoms with E-state index < -0.39 is 53.7 Å². The molecule has 13 nitrogen and oxygen atoms in total. The summed E-state index contributed by atoms with van der Waals surface area (Å²) in [7, 11) is 0. The molecule has 48 heavy (non-hydrogen) atoms. The minimum Gasteiger partial charge on any atom is -0.447 e. The molecule has 0 bridgehead atoms. The van der Waals surface area contributed by atoms with E-state index in [1.807, 2.05) is 68.4 Å². The Balaban J connectivity index is 1.48. The predicted molar refractivity (Wildman–Crippen MR) is 178 cm³/mol. The van der Waals surface area contributed by atoms with E-state index in [0.29, 0.717) is 5.76 Å². The number of carbonyl (C=O) groups is 5. The van der Waals surface area contributed by atoms with Crippen LogP contribution in [0.4, 0.5) is 0 Å². The second-order valence-corrected chi connectivity index (χ2v) is 12.3. The van der Waals surface area contributed by atoms with Crippen molar-refractivity contribution in [2.75, 3.05) is 13.1 Å². The van der Waals surface area contributed by atoms with Crippen molar-refractivity contribution in [1.29, 1.82) is 0 Å². The van der Waals surface area contributed by atoms with Crippen LogP contribution in [0.15, 0.2) is 71.6 Å². The number of carbonyl (C=O) groups excluding carboxylic acids is 5. The zero-order valence-electron chi connectivity index (χ0n) is 27.4. The molecule has 4 atom stereocenters. The summed E-state index contributed by atoms with van der Waals surface area (Å²) in [6.45, 7) is 6.69. The van der Waals surface area contributed by atoms with Gasteiger partial charge in [0, 0.05) is 48.9 Å². The van der Waals surface area contributed by atoms with Crippen LogP contribution < -0.4 is 21.3 Å². The summed E-state index contributed by atoms with van der Waals surface area (Å²) in [6, 6.07) is 12.6. The van der Waals surface area contributed by atoms with Gasteiger partial charge in [-0.2, -0.15) is 0 Å². The second kappa shape index (κ2) is 15.0. The number of H-pyrrole nitrogens is 1. The zero-order valence-corrected chi connectivity index (χ0v) is 27.4. The molecular weight excluding hydrogens is 614 g/mol. The fourth-order valence-corrected chi connectivity index (χ4v) is 5.75. The van der Waals surface area contributed by atoms with E-state index in [-0.39, 0.29) is 37.5 Å². The molecule has 1 aliphatic heterocycles. The molecule has 5 N–H and O–H groups in total. The van der Waals surface area contributed by atoms with Gasteiger partial charge in [-0.15, -0.1) is 0 Å². The Morgan fingerprint density at radius 1 is 0.875 bits per heavy atom. The van der Waals surface area contributed by atoms with Gasteiger partial charge in [0.05, 0.1) is 0 Å². The van der Waals surface area contributed by atoms with E-state index in [4.69, 9.17) is 4.42 Å². The van der Waals surface area contributed by atoms with Crippen LogP contribution in [0.25, 0.3) is 10.9 Å². The van der Waals surface area contributed by atoms with Crippen LogP contribution in [0.5, 0.6) is 0 Å². The van der Waals surface area contributed by atoms with E-state index in [9.17, 15) is 24.0 Å². The average molecular weight is 656 g/mol. The van der Waals surface area contributed by atoms with Crippen LogP contribution >= 0.6 is 0 Å². The smallest absolute Gasteiger partial charge is 0.276 e. The standard InChI is InChI=1S/C35H41N7O6/c1-20(2)30-29(38-19-48-30)35(47)42-15-14-36-33(45)27(16-23-10-6-5-7-11-23)40-31(43)21(3)39-34(46)28(41-32(44)22(42)4)17-24-18-37-26-13-9-8-12-25(24)26/h5-13,18-22,27-28,37H,14-17H2,1-4H3,(H,36,45)(H,39,46)(H,40,43)(H,41,44)/t21-,22+,27-,28+/m0/s1. The van der Waals surface area contributed by atoms with Gasteiger partial charge in [-0.25, -0.2) is 4.98 Å². The summed E-state index contributed by atoms with van der Waals surface area (Å²) in [5.74, 6) is -2.60. The number of nitrogens with one attached hydrogen (secondary N) is 5. The molecular formula is C35H41N7O6. The number of fused-ring (bicyclic) bond motifs is 1. The third kappa shape index (κ3) is 7.73. The van der Waals surface area contributed by atoms with E-state index in [2.05, 4.69) is 31.2 Å². The highest BCUT2D eigenvalue weighted by molar-refractivity contribution is 5.99. The first-order valence-electron chi connectivity index (χ1n) is 16.1. The highest BCUT2D eigenvalue weighted by Crippen LogP contribution is 2.22. The molecule has 0 unspecified atom stereocenters. The largest absolute Gasteiger partial charge is 0.447 e. The quantitative estimate of drug-likeness (QED) is 0.211. The molecule has 3 heterocycles. The number of para-hydroxylation sites is 1. The third-order valence-electron chi connectivity index (χ3n) is 8.48. The lowest BCUT2D eigenvalue weighted by Crippen LogP contribution is -2.57.